The first-order valence-electron chi connectivity index (χ1n) is 5.55. The molecule has 1 heterocycles. The molecule has 0 aromatic carbocycles. The molecule has 1 saturated heterocycles. The summed E-state index contributed by atoms with van der Waals surface area (Å²) in [7, 11) is -0.848. The Bertz CT molecular complexity index is 169. The van der Waals surface area contributed by atoms with Gasteiger partial charge in [0.2, 0.25) is 0 Å². The van der Waals surface area contributed by atoms with Gasteiger partial charge in [-0.25, -0.2) is 0 Å². The van der Waals surface area contributed by atoms with Crippen molar-refractivity contribution in [3.8, 4) is 0 Å². The SMILES string of the molecule is C/C=C/C[Si]1(C/C=C/C)CCCC1. The molecular weight excluding hydrogens is 172 g/mol. The Morgan fingerprint density at radius 2 is 1.38 bits per heavy atom. The second-order valence-electron chi connectivity index (χ2n) is 4.25. The molecule has 0 nitrogen and oxygen atoms in total. The van der Waals surface area contributed by atoms with Crippen LogP contribution in [0.3, 0.4) is 0 Å². The fourth-order valence-corrected chi connectivity index (χ4v) is 7.06. The first kappa shape index (κ1) is 10.8. The first-order chi connectivity index (χ1) is 6.33. The highest BCUT2D eigenvalue weighted by Crippen LogP contribution is 2.37. The Hall–Kier alpha value is -0.303. The fourth-order valence-electron chi connectivity index (χ4n) is 2.35. The molecule has 0 aliphatic carbocycles. The van der Waals surface area contributed by atoms with Gasteiger partial charge >= 0.3 is 0 Å². The molecule has 0 aromatic rings. The predicted molar refractivity (Wildman–Crippen MR) is 63.8 cm³/mol. The monoisotopic (exact) mass is 194 g/mol. The van der Waals surface area contributed by atoms with Crippen LogP contribution < -0.4 is 0 Å². The van der Waals surface area contributed by atoms with Crippen LogP contribution in [0.25, 0.3) is 0 Å². The molecule has 1 aliphatic rings. The molecule has 0 bridgehead atoms. The molecule has 1 fully saturated rings. The van der Waals surface area contributed by atoms with Gasteiger partial charge in [0.1, 0.15) is 0 Å². The van der Waals surface area contributed by atoms with Gasteiger partial charge in [-0.3, -0.25) is 0 Å². The average molecular weight is 194 g/mol. The Kier molecular flexibility index (Phi) is 4.50. The third-order valence-electron chi connectivity index (χ3n) is 3.24. The van der Waals surface area contributed by atoms with Gasteiger partial charge in [0.05, 0.1) is 8.07 Å². The van der Waals surface area contributed by atoms with E-state index in [9.17, 15) is 0 Å². The summed E-state index contributed by atoms with van der Waals surface area (Å²) in [6.45, 7) is 4.29. The molecule has 0 radical (unpaired) electrons. The minimum atomic E-state index is -0.848. The smallest absolute Gasteiger partial charge is 0.0610 e. The first-order valence-corrected chi connectivity index (χ1v) is 8.38. The number of hydrogen-bond acceptors (Lipinski definition) is 0. The van der Waals surface area contributed by atoms with E-state index >= 15 is 0 Å². The molecule has 0 atom stereocenters. The topological polar surface area (TPSA) is 0 Å². The fraction of sp³-hybridized carbons (Fsp3) is 0.667. The Labute approximate surface area is 83.7 Å². The Morgan fingerprint density at radius 3 is 1.77 bits per heavy atom. The minimum absolute atomic E-state index is 0.848. The lowest BCUT2D eigenvalue weighted by atomic mass is 10.4. The summed E-state index contributed by atoms with van der Waals surface area (Å²) >= 11 is 0. The van der Waals surface area contributed by atoms with Crippen molar-refractivity contribution in [2.45, 2.75) is 50.9 Å². The van der Waals surface area contributed by atoms with E-state index in [1.165, 1.54) is 24.9 Å². The molecule has 13 heavy (non-hydrogen) atoms. The van der Waals surface area contributed by atoms with Crippen LogP contribution in [0.1, 0.15) is 26.7 Å². The molecule has 1 heteroatoms. The highest BCUT2D eigenvalue weighted by atomic mass is 28.3. The van der Waals surface area contributed by atoms with Gasteiger partial charge in [-0.05, 0) is 25.9 Å². The van der Waals surface area contributed by atoms with Gasteiger partial charge in [0, 0.05) is 0 Å². The molecule has 0 aromatic heterocycles. The maximum Gasteiger partial charge on any atom is 0.0610 e. The molecule has 1 rings (SSSR count). The van der Waals surface area contributed by atoms with E-state index in [0.717, 1.165) is 0 Å². The van der Waals surface area contributed by atoms with Gasteiger partial charge in [0.15, 0.2) is 0 Å². The minimum Gasteiger partial charge on any atom is -0.0919 e. The van der Waals surface area contributed by atoms with Gasteiger partial charge in [0.25, 0.3) is 0 Å². The van der Waals surface area contributed by atoms with Crippen LogP contribution in [-0.2, 0) is 0 Å². The van der Waals surface area contributed by atoms with Crippen LogP contribution in [0.15, 0.2) is 24.3 Å². The van der Waals surface area contributed by atoms with E-state index in [0.29, 0.717) is 0 Å². The summed E-state index contributed by atoms with van der Waals surface area (Å²) in [5.74, 6) is 0. The van der Waals surface area contributed by atoms with Crippen LogP contribution in [-0.4, -0.2) is 8.07 Å². The van der Waals surface area contributed by atoms with Gasteiger partial charge in [-0.15, -0.1) is 0 Å². The molecule has 74 valence electrons. The molecule has 0 N–H and O–H groups in total. The lowest BCUT2D eigenvalue weighted by molar-refractivity contribution is 0.935. The number of hydrogen-bond donors (Lipinski definition) is 0. The molecule has 1 aliphatic heterocycles. The molecule has 0 saturated carbocycles. The maximum atomic E-state index is 2.40. The van der Waals surface area contributed by atoms with Crippen molar-refractivity contribution in [3.05, 3.63) is 24.3 Å². The van der Waals surface area contributed by atoms with E-state index in [-0.39, 0.29) is 0 Å². The van der Waals surface area contributed by atoms with E-state index in [2.05, 4.69) is 38.2 Å². The van der Waals surface area contributed by atoms with Crippen LogP contribution >= 0.6 is 0 Å². The quantitative estimate of drug-likeness (QED) is 0.460. The Balaban J connectivity index is 2.52. The van der Waals surface area contributed by atoms with Crippen LogP contribution in [0.5, 0.6) is 0 Å². The summed E-state index contributed by atoms with van der Waals surface area (Å²) in [5.41, 5.74) is 0. The van der Waals surface area contributed by atoms with Crippen LogP contribution in [0.2, 0.25) is 24.2 Å². The number of rotatable bonds is 4. The van der Waals surface area contributed by atoms with Crippen molar-refractivity contribution in [3.63, 3.8) is 0 Å². The number of allylic oxidation sites excluding steroid dienone is 4. The van der Waals surface area contributed by atoms with Crippen molar-refractivity contribution in [2.24, 2.45) is 0 Å². The van der Waals surface area contributed by atoms with Crippen molar-refractivity contribution in [1.29, 1.82) is 0 Å². The van der Waals surface area contributed by atoms with Crippen LogP contribution in [0, 0.1) is 0 Å². The standard InChI is InChI=1S/C12H22Si/c1-3-5-9-13(10-6-4-2)11-7-8-12-13/h3-6H,7-12H2,1-2H3/b5-3+,6-4+. The highest BCUT2D eigenvalue weighted by Gasteiger charge is 2.33. The zero-order chi connectivity index (χ0) is 9.57. The lowest BCUT2D eigenvalue weighted by Gasteiger charge is -2.23. The summed E-state index contributed by atoms with van der Waals surface area (Å²) in [4.78, 5) is 0. The van der Waals surface area contributed by atoms with Crippen molar-refractivity contribution < 1.29 is 0 Å². The molecule has 0 amide bonds. The largest absolute Gasteiger partial charge is 0.0919 e. The third-order valence-corrected chi connectivity index (χ3v) is 8.27. The third kappa shape index (κ3) is 3.15. The summed E-state index contributed by atoms with van der Waals surface area (Å²) in [6, 6.07) is 5.99. The summed E-state index contributed by atoms with van der Waals surface area (Å²) in [6.07, 6.45) is 12.3. The average Bonchev–Trinajstić information content (AvgIpc) is 2.61. The molecule has 0 spiro atoms. The summed E-state index contributed by atoms with van der Waals surface area (Å²) < 4.78 is 0. The second kappa shape index (κ2) is 5.43. The maximum absolute atomic E-state index is 2.40. The zero-order valence-corrected chi connectivity index (χ0v) is 10.1. The van der Waals surface area contributed by atoms with Gasteiger partial charge in [-0.1, -0.05) is 49.2 Å². The van der Waals surface area contributed by atoms with E-state index in [4.69, 9.17) is 0 Å². The lowest BCUT2D eigenvalue weighted by Crippen LogP contribution is -2.27. The molecular formula is C12H22Si. The normalized spacial score (nSPS) is 22.0. The molecule has 0 unspecified atom stereocenters. The van der Waals surface area contributed by atoms with Crippen LogP contribution in [0.4, 0.5) is 0 Å². The highest BCUT2D eigenvalue weighted by molar-refractivity contribution is 6.81. The van der Waals surface area contributed by atoms with Gasteiger partial charge in [-0.2, -0.15) is 0 Å². The summed E-state index contributed by atoms with van der Waals surface area (Å²) in [5, 5.41) is 0. The van der Waals surface area contributed by atoms with E-state index in [1.54, 1.807) is 12.1 Å². The predicted octanol–water partition coefficient (Wildman–Crippen LogP) is 4.38. The zero-order valence-electron chi connectivity index (χ0n) is 9.05. The Morgan fingerprint density at radius 1 is 0.923 bits per heavy atom. The van der Waals surface area contributed by atoms with E-state index < -0.39 is 8.07 Å². The van der Waals surface area contributed by atoms with E-state index in [1.807, 2.05) is 0 Å². The van der Waals surface area contributed by atoms with Crippen molar-refractivity contribution in [1.82, 2.24) is 0 Å². The second-order valence-corrected chi connectivity index (χ2v) is 9.07. The van der Waals surface area contributed by atoms with Crippen molar-refractivity contribution >= 4 is 8.07 Å². The van der Waals surface area contributed by atoms with Crippen molar-refractivity contribution in [2.75, 3.05) is 0 Å². The van der Waals surface area contributed by atoms with Gasteiger partial charge < -0.3 is 0 Å².